The largest absolute Gasteiger partial charge is 0.353 e. The van der Waals surface area contributed by atoms with Gasteiger partial charge < -0.3 is 5.32 Å². The van der Waals surface area contributed by atoms with E-state index < -0.39 is 10.8 Å². The van der Waals surface area contributed by atoms with E-state index in [0.29, 0.717) is 29.9 Å². The molecule has 1 aliphatic carbocycles. The Kier molecular flexibility index (Phi) is 6.62. The summed E-state index contributed by atoms with van der Waals surface area (Å²) in [5, 5.41) is 3.04. The summed E-state index contributed by atoms with van der Waals surface area (Å²) in [4.78, 5) is 11.8. The smallest absolute Gasteiger partial charge is 0.221 e. The van der Waals surface area contributed by atoms with Crippen molar-refractivity contribution in [3.8, 4) is 0 Å². The van der Waals surface area contributed by atoms with Gasteiger partial charge in [-0.3, -0.25) is 9.00 Å². The van der Waals surface area contributed by atoms with Gasteiger partial charge in [-0.05, 0) is 29.9 Å². The van der Waals surface area contributed by atoms with Crippen LogP contribution < -0.4 is 5.32 Å². The number of rotatable bonds is 7. The van der Waals surface area contributed by atoms with Crippen molar-refractivity contribution in [3.05, 3.63) is 35.4 Å². The molecule has 0 aliphatic heterocycles. The Balaban J connectivity index is 1.71. The minimum Gasteiger partial charge on any atom is -0.353 e. The number of amides is 1. The molecule has 0 radical (unpaired) electrons. The van der Waals surface area contributed by atoms with E-state index in [1.165, 1.54) is 18.4 Å². The lowest BCUT2D eigenvalue weighted by atomic mass is 10.0. The Bertz CT molecular complexity index is 504. The summed E-state index contributed by atoms with van der Waals surface area (Å²) in [5.41, 5.74) is 2.38. The molecule has 1 aliphatic rings. The fourth-order valence-electron chi connectivity index (χ4n) is 2.83. The van der Waals surface area contributed by atoms with Crippen LogP contribution in [0.15, 0.2) is 24.3 Å². The molecule has 2 rings (SSSR count). The molecule has 122 valence electrons. The van der Waals surface area contributed by atoms with Crippen LogP contribution in [0.1, 0.15) is 63.0 Å². The van der Waals surface area contributed by atoms with Crippen molar-refractivity contribution in [3.63, 3.8) is 0 Å². The van der Waals surface area contributed by atoms with E-state index in [-0.39, 0.29) is 5.91 Å². The second kappa shape index (κ2) is 8.47. The first kappa shape index (κ1) is 17.2. The molecule has 0 aromatic heterocycles. The lowest BCUT2D eigenvalue weighted by Crippen LogP contribution is -2.33. The normalized spacial score (nSPS) is 16.9. The van der Waals surface area contributed by atoms with Crippen molar-refractivity contribution >= 4 is 16.7 Å². The number of carbonyl (C=O) groups is 1. The van der Waals surface area contributed by atoms with Crippen LogP contribution in [0, 0.1) is 0 Å². The third-order valence-corrected chi connectivity index (χ3v) is 5.57. The van der Waals surface area contributed by atoms with E-state index in [2.05, 4.69) is 31.3 Å². The first-order valence-electron chi connectivity index (χ1n) is 8.28. The molecular formula is C18H27NO2S. The van der Waals surface area contributed by atoms with Gasteiger partial charge in [0.1, 0.15) is 0 Å². The Labute approximate surface area is 136 Å². The SMILES string of the molecule is CC(C)c1ccc(C[S@](=O)CCC(=O)NC2CCCC2)cc1. The van der Waals surface area contributed by atoms with Gasteiger partial charge in [-0.25, -0.2) is 0 Å². The topological polar surface area (TPSA) is 46.2 Å². The summed E-state index contributed by atoms with van der Waals surface area (Å²) in [6.07, 6.45) is 4.98. The predicted molar refractivity (Wildman–Crippen MR) is 92.3 cm³/mol. The van der Waals surface area contributed by atoms with Crippen molar-refractivity contribution in [2.24, 2.45) is 0 Å². The van der Waals surface area contributed by atoms with Gasteiger partial charge in [0.15, 0.2) is 0 Å². The zero-order valence-electron chi connectivity index (χ0n) is 13.6. The van der Waals surface area contributed by atoms with Gasteiger partial charge in [-0.2, -0.15) is 0 Å². The van der Waals surface area contributed by atoms with E-state index in [0.717, 1.165) is 18.4 Å². The maximum atomic E-state index is 12.1. The van der Waals surface area contributed by atoms with Crippen LogP contribution in [0.2, 0.25) is 0 Å². The van der Waals surface area contributed by atoms with Crippen LogP contribution in [0.3, 0.4) is 0 Å². The van der Waals surface area contributed by atoms with Crippen molar-refractivity contribution in [2.75, 3.05) is 5.75 Å². The Morgan fingerprint density at radius 2 is 1.86 bits per heavy atom. The van der Waals surface area contributed by atoms with Gasteiger partial charge in [0.05, 0.1) is 0 Å². The minimum absolute atomic E-state index is 0.0513. The Morgan fingerprint density at radius 1 is 1.23 bits per heavy atom. The maximum Gasteiger partial charge on any atom is 0.221 e. The second-order valence-corrected chi connectivity index (χ2v) is 8.06. The average Bonchev–Trinajstić information content (AvgIpc) is 2.98. The molecule has 0 spiro atoms. The highest BCUT2D eigenvalue weighted by molar-refractivity contribution is 7.84. The van der Waals surface area contributed by atoms with E-state index in [1.807, 2.05) is 12.1 Å². The summed E-state index contributed by atoms with van der Waals surface area (Å²) < 4.78 is 12.1. The summed E-state index contributed by atoms with van der Waals surface area (Å²) in [7, 11) is -0.973. The lowest BCUT2D eigenvalue weighted by molar-refractivity contribution is -0.121. The molecule has 0 unspecified atom stereocenters. The first-order chi connectivity index (χ1) is 10.5. The quantitative estimate of drug-likeness (QED) is 0.835. The molecule has 4 heteroatoms. The fraction of sp³-hybridized carbons (Fsp3) is 0.611. The fourth-order valence-corrected chi connectivity index (χ4v) is 3.95. The van der Waals surface area contributed by atoms with Crippen LogP contribution in [0.5, 0.6) is 0 Å². The van der Waals surface area contributed by atoms with Gasteiger partial charge in [-0.1, -0.05) is 51.0 Å². The molecular weight excluding hydrogens is 294 g/mol. The highest BCUT2D eigenvalue weighted by atomic mass is 32.2. The summed E-state index contributed by atoms with van der Waals surface area (Å²) in [6.45, 7) is 4.33. The molecule has 0 bridgehead atoms. The lowest BCUT2D eigenvalue weighted by Gasteiger charge is -2.11. The predicted octanol–water partition coefficient (Wildman–Crippen LogP) is 3.51. The van der Waals surface area contributed by atoms with Crippen LogP contribution in [-0.2, 0) is 21.3 Å². The number of nitrogens with one attached hydrogen (secondary N) is 1. The van der Waals surface area contributed by atoms with Gasteiger partial charge in [0, 0.05) is 34.8 Å². The van der Waals surface area contributed by atoms with E-state index >= 15 is 0 Å². The van der Waals surface area contributed by atoms with Crippen LogP contribution in [0.25, 0.3) is 0 Å². The standard InChI is InChI=1S/C18H27NO2S/c1-14(2)16-9-7-15(8-10-16)13-22(21)12-11-18(20)19-17-5-3-4-6-17/h7-10,14,17H,3-6,11-13H2,1-2H3,(H,19,20)/t22-/m1/s1. The van der Waals surface area contributed by atoms with Gasteiger partial charge in [-0.15, -0.1) is 0 Å². The number of hydrogen-bond acceptors (Lipinski definition) is 2. The summed E-state index contributed by atoms with van der Waals surface area (Å²) >= 11 is 0. The molecule has 3 nitrogen and oxygen atoms in total. The molecule has 1 aromatic rings. The Morgan fingerprint density at radius 3 is 2.45 bits per heavy atom. The zero-order chi connectivity index (χ0) is 15.9. The number of carbonyl (C=O) groups excluding carboxylic acids is 1. The Hall–Kier alpha value is -1.16. The summed E-state index contributed by atoms with van der Waals surface area (Å²) in [5.74, 6) is 1.55. The molecule has 1 fully saturated rings. The first-order valence-corrected chi connectivity index (χ1v) is 9.76. The van der Waals surface area contributed by atoms with Gasteiger partial charge in [0.2, 0.25) is 5.91 Å². The highest BCUT2D eigenvalue weighted by Gasteiger charge is 2.17. The van der Waals surface area contributed by atoms with Crippen LogP contribution in [-0.4, -0.2) is 21.9 Å². The third-order valence-electron chi connectivity index (χ3n) is 4.25. The molecule has 0 heterocycles. The molecule has 0 saturated heterocycles. The number of benzene rings is 1. The van der Waals surface area contributed by atoms with Crippen molar-refractivity contribution in [2.45, 2.75) is 63.7 Å². The molecule has 1 N–H and O–H groups in total. The third kappa shape index (κ3) is 5.56. The zero-order valence-corrected chi connectivity index (χ0v) is 14.5. The molecule has 1 aromatic carbocycles. The highest BCUT2D eigenvalue weighted by Crippen LogP contribution is 2.18. The maximum absolute atomic E-state index is 12.1. The summed E-state index contributed by atoms with van der Waals surface area (Å²) in [6, 6.07) is 8.65. The number of hydrogen-bond donors (Lipinski definition) is 1. The van der Waals surface area contributed by atoms with Gasteiger partial charge in [0.25, 0.3) is 0 Å². The monoisotopic (exact) mass is 321 g/mol. The second-order valence-electron chi connectivity index (χ2n) is 6.48. The van der Waals surface area contributed by atoms with Crippen LogP contribution >= 0.6 is 0 Å². The van der Waals surface area contributed by atoms with E-state index in [9.17, 15) is 9.00 Å². The van der Waals surface area contributed by atoms with Crippen molar-refractivity contribution in [1.29, 1.82) is 0 Å². The van der Waals surface area contributed by atoms with Crippen LogP contribution in [0.4, 0.5) is 0 Å². The minimum atomic E-state index is -0.973. The van der Waals surface area contributed by atoms with Crippen molar-refractivity contribution in [1.82, 2.24) is 5.32 Å². The molecule has 22 heavy (non-hydrogen) atoms. The van der Waals surface area contributed by atoms with E-state index in [4.69, 9.17) is 0 Å². The van der Waals surface area contributed by atoms with Crippen molar-refractivity contribution < 1.29 is 9.00 Å². The molecule has 1 saturated carbocycles. The average molecular weight is 321 g/mol. The molecule has 1 amide bonds. The molecule has 1 atom stereocenters. The van der Waals surface area contributed by atoms with Gasteiger partial charge >= 0.3 is 0 Å². The van der Waals surface area contributed by atoms with E-state index in [1.54, 1.807) is 0 Å².